The average Bonchev–Trinajstić information content (AvgIpc) is 3.21. The Bertz CT molecular complexity index is 1220. The SMILES string of the molecule is COc1ccc(C)c2sc(N(Cc3cccnc3)C(=O)c3ccc(C)c(C)c3)nc12. The Hall–Kier alpha value is -3.25. The summed E-state index contributed by atoms with van der Waals surface area (Å²) in [6, 6.07) is 13.6. The standard InChI is InChI=1S/C24H23N3O2S/c1-15-7-9-19(12-17(15)3)23(28)27(14-18-6-5-11-25-13-18)24-26-21-20(29-4)10-8-16(2)22(21)30-24/h5-13H,14H2,1-4H3. The first-order valence-corrected chi connectivity index (χ1v) is 10.5. The van der Waals surface area contributed by atoms with Crippen LogP contribution in [-0.2, 0) is 6.54 Å². The number of carbonyl (C=O) groups is 1. The molecule has 0 aliphatic carbocycles. The molecule has 0 aliphatic rings. The number of anilines is 1. The molecule has 2 heterocycles. The summed E-state index contributed by atoms with van der Waals surface area (Å²) < 4.78 is 6.52. The third-order valence-corrected chi connectivity index (χ3v) is 6.42. The molecular weight excluding hydrogens is 394 g/mol. The molecule has 1 amide bonds. The highest BCUT2D eigenvalue weighted by molar-refractivity contribution is 7.22. The van der Waals surface area contributed by atoms with Gasteiger partial charge >= 0.3 is 0 Å². The molecule has 30 heavy (non-hydrogen) atoms. The minimum atomic E-state index is -0.0855. The van der Waals surface area contributed by atoms with E-state index >= 15 is 0 Å². The number of aromatic nitrogens is 2. The highest BCUT2D eigenvalue weighted by atomic mass is 32.1. The van der Waals surface area contributed by atoms with E-state index in [1.165, 1.54) is 11.3 Å². The molecule has 4 aromatic rings. The number of methoxy groups -OCH3 is 1. The van der Waals surface area contributed by atoms with Gasteiger partial charge in [0.25, 0.3) is 5.91 Å². The van der Waals surface area contributed by atoms with E-state index in [0.717, 1.165) is 32.5 Å². The maximum Gasteiger partial charge on any atom is 0.260 e. The fourth-order valence-corrected chi connectivity index (χ4v) is 4.36. The number of hydrogen-bond acceptors (Lipinski definition) is 5. The van der Waals surface area contributed by atoms with Crippen LogP contribution in [0.1, 0.15) is 32.6 Å². The van der Waals surface area contributed by atoms with E-state index < -0.39 is 0 Å². The molecule has 0 radical (unpaired) electrons. The summed E-state index contributed by atoms with van der Waals surface area (Å²) in [4.78, 5) is 24.3. The van der Waals surface area contributed by atoms with Crippen LogP contribution >= 0.6 is 11.3 Å². The number of nitrogens with zero attached hydrogens (tertiary/aromatic N) is 3. The Morgan fingerprint density at radius 3 is 2.57 bits per heavy atom. The summed E-state index contributed by atoms with van der Waals surface area (Å²) in [5.74, 6) is 0.621. The molecule has 4 rings (SSSR count). The zero-order chi connectivity index (χ0) is 21.3. The Kier molecular flexibility index (Phi) is 5.50. The maximum atomic E-state index is 13.6. The van der Waals surface area contributed by atoms with Gasteiger partial charge in [-0.15, -0.1) is 0 Å². The largest absolute Gasteiger partial charge is 0.494 e. The molecular formula is C24H23N3O2S. The molecule has 6 heteroatoms. The second-order valence-electron chi connectivity index (χ2n) is 7.31. The number of hydrogen-bond donors (Lipinski definition) is 0. The first-order chi connectivity index (χ1) is 14.5. The van der Waals surface area contributed by atoms with E-state index in [9.17, 15) is 4.79 Å². The molecule has 2 aromatic carbocycles. The Morgan fingerprint density at radius 1 is 1.07 bits per heavy atom. The van der Waals surface area contributed by atoms with Crippen LogP contribution in [0.15, 0.2) is 54.9 Å². The fraction of sp³-hybridized carbons (Fsp3) is 0.208. The van der Waals surface area contributed by atoms with Crippen LogP contribution in [0.2, 0.25) is 0 Å². The second kappa shape index (κ2) is 8.24. The van der Waals surface area contributed by atoms with Crippen molar-refractivity contribution >= 4 is 32.6 Å². The molecule has 0 saturated carbocycles. The van der Waals surface area contributed by atoms with Crippen LogP contribution in [0.3, 0.4) is 0 Å². The van der Waals surface area contributed by atoms with E-state index in [2.05, 4.69) is 4.98 Å². The van der Waals surface area contributed by atoms with Gasteiger partial charge in [-0.25, -0.2) is 4.98 Å². The molecule has 0 N–H and O–H groups in total. The van der Waals surface area contributed by atoms with Crippen LogP contribution in [0, 0.1) is 20.8 Å². The van der Waals surface area contributed by atoms with Crippen molar-refractivity contribution in [3.8, 4) is 5.75 Å². The van der Waals surface area contributed by atoms with Crippen LogP contribution in [0.5, 0.6) is 5.75 Å². The zero-order valence-corrected chi connectivity index (χ0v) is 18.3. The lowest BCUT2D eigenvalue weighted by Crippen LogP contribution is -2.30. The van der Waals surface area contributed by atoms with Crippen molar-refractivity contribution in [2.75, 3.05) is 12.0 Å². The first kappa shape index (κ1) is 20.0. The van der Waals surface area contributed by atoms with Gasteiger partial charge in [-0.05, 0) is 67.3 Å². The normalized spacial score (nSPS) is 10.9. The van der Waals surface area contributed by atoms with Crippen molar-refractivity contribution in [1.29, 1.82) is 0 Å². The quantitative estimate of drug-likeness (QED) is 0.432. The van der Waals surface area contributed by atoms with Crippen LogP contribution < -0.4 is 9.64 Å². The summed E-state index contributed by atoms with van der Waals surface area (Å²) in [5, 5.41) is 0.643. The highest BCUT2D eigenvalue weighted by Crippen LogP contribution is 2.37. The van der Waals surface area contributed by atoms with Gasteiger partial charge in [0.15, 0.2) is 5.13 Å². The van der Waals surface area contributed by atoms with E-state index in [0.29, 0.717) is 23.0 Å². The molecule has 0 aliphatic heterocycles. The summed E-state index contributed by atoms with van der Waals surface area (Å²) >= 11 is 1.50. The summed E-state index contributed by atoms with van der Waals surface area (Å²) in [5.41, 5.74) is 5.72. The number of pyridine rings is 1. The van der Waals surface area contributed by atoms with Gasteiger partial charge in [0.05, 0.1) is 18.4 Å². The molecule has 0 saturated heterocycles. The van der Waals surface area contributed by atoms with Crippen molar-refractivity contribution in [3.05, 3.63) is 82.7 Å². The predicted molar refractivity (Wildman–Crippen MR) is 122 cm³/mol. The van der Waals surface area contributed by atoms with Gasteiger partial charge in [-0.2, -0.15) is 0 Å². The maximum absolute atomic E-state index is 13.6. The topological polar surface area (TPSA) is 55.3 Å². The molecule has 2 aromatic heterocycles. The highest BCUT2D eigenvalue weighted by Gasteiger charge is 2.23. The summed E-state index contributed by atoms with van der Waals surface area (Å²) in [6.45, 7) is 6.49. The lowest BCUT2D eigenvalue weighted by atomic mass is 10.1. The van der Waals surface area contributed by atoms with Crippen molar-refractivity contribution in [2.45, 2.75) is 27.3 Å². The number of fused-ring (bicyclic) bond motifs is 1. The molecule has 0 atom stereocenters. The lowest BCUT2D eigenvalue weighted by Gasteiger charge is -2.20. The molecule has 5 nitrogen and oxygen atoms in total. The first-order valence-electron chi connectivity index (χ1n) is 9.70. The second-order valence-corrected chi connectivity index (χ2v) is 8.29. The molecule has 0 spiro atoms. The van der Waals surface area contributed by atoms with Crippen LogP contribution in [-0.4, -0.2) is 23.0 Å². The minimum Gasteiger partial charge on any atom is -0.494 e. The third kappa shape index (κ3) is 3.78. The smallest absolute Gasteiger partial charge is 0.260 e. The number of rotatable bonds is 5. The zero-order valence-electron chi connectivity index (χ0n) is 17.5. The van der Waals surface area contributed by atoms with Crippen LogP contribution in [0.4, 0.5) is 5.13 Å². The van der Waals surface area contributed by atoms with E-state index in [1.807, 2.05) is 63.2 Å². The molecule has 0 unspecified atom stereocenters. The van der Waals surface area contributed by atoms with Crippen LogP contribution in [0.25, 0.3) is 10.2 Å². The number of ether oxygens (including phenoxy) is 1. The lowest BCUT2D eigenvalue weighted by molar-refractivity contribution is 0.0985. The van der Waals surface area contributed by atoms with Gasteiger partial charge in [0.1, 0.15) is 11.3 Å². The van der Waals surface area contributed by atoms with Crippen molar-refractivity contribution in [3.63, 3.8) is 0 Å². The third-order valence-electron chi connectivity index (χ3n) is 5.21. The summed E-state index contributed by atoms with van der Waals surface area (Å²) in [7, 11) is 1.64. The minimum absolute atomic E-state index is 0.0855. The van der Waals surface area contributed by atoms with E-state index in [-0.39, 0.29) is 5.91 Å². The number of amides is 1. The van der Waals surface area contributed by atoms with E-state index in [4.69, 9.17) is 9.72 Å². The summed E-state index contributed by atoms with van der Waals surface area (Å²) in [6.07, 6.45) is 3.50. The number of aryl methyl sites for hydroxylation is 3. The van der Waals surface area contributed by atoms with Crippen molar-refractivity contribution in [2.24, 2.45) is 0 Å². The molecule has 0 bridgehead atoms. The number of thiazole rings is 1. The Morgan fingerprint density at radius 2 is 1.87 bits per heavy atom. The Labute approximate surface area is 180 Å². The average molecular weight is 418 g/mol. The van der Waals surface area contributed by atoms with Gasteiger partial charge < -0.3 is 4.74 Å². The molecule has 0 fully saturated rings. The fourth-order valence-electron chi connectivity index (χ4n) is 3.31. The van der Waals surface area contributed by atoms with Crippen molar-refractivity contribution < 1.29 is 9.53 Å². The van der Waals surface area contributed by atoms with Crippen molar-refractivity contribution in [1.82, 2.24) is 9.97 Å². The number of benzene rings is 2. The number of carbonyl (C=O) groups excluding carboxylic acids is 1. The Balaban J connectivity index is 1.83. The van der Waals surface area contributed by atoms with E-state index in [1.54, 1.807) is 24.4 Å². The van der Waals surface area contributed by atoms with Gasteiger partial charge in [-0.3, -0.25) is 14.7 Å². The van der Waals surface area contributed by atoms with Gasteiger partial charge in [-0.1, -0.05) is 29.5 Å². The monoisotopic (exact) mass is 417 g/mol. The molecule has 152 valence electrons. The van der Waals surface area contributed by atoms with Gasteiger partial charge in [0.2, 0.25) is 0 Å². The van der Waals surface area contributed by atoms with Gasteiger partial charge in [0, 0.05) is 18.0 Å². The predicted octanol–water partition coefficient (Wildman–Crippen LogP) is 5.47.